The number of rotatable bonds is 6. The number of nitrogens with one attached hydrogen (secondary N) is 1. The first-order valence-corrected chi connectivity index (χ1v) is 6.49. The van der Waals surface area contributed by atoms with E-state index in [-0.39, 0.29) is 12.5 Å². The summed E-state index contributed by atoms with van der Waals surface area (Å²) in [5.41, 5.74) is 0. The van der Waals surface area contributed by atoms with E-state index in [2.05, 4.69) is 31.2 Å². The second kappa shape index (κ2) is 7.15. The van der Waals surface area contributed by atoms with E-state index < -0.39 is 0 Å². The molecule has 0 spiro atoms. The second-order valence-corrected chi connectivity index (χ2v) is 4.32. The SMILES string of the molecule is CCN(CC)C(=O)CNc1ncc(Br)c(OC)n1. The lowest BCUT2D eigenvalue weighted by Crippen LogP contribution is -2.35. The fraction of sp³-hybridized carbons (Fsp3) is 0.545. The lowest BCUT2D eigenvalue weighted by molar-refractivity contribution is -0.128. The van der Waals surface area contributed by atoms with Crippen LogP contribution in [0.1, 0.15) is 13.8 Å². The molecule has 0 aliphatic carbocycles. The fourth-order valence-corrected chi connectivity index (χ4v) is 1.78. The molecule has 0 aliphatic rings. The molecular weight excluding hydrogens is 300 g/mol. The minimum Gasteiger partial charge on any atom is -0.480 e. The van der Waals surface area contributed by atoms with Crippen LogP contribution in [0, 0.1) is 0 Å². The summed E-state index contributed by atoms with van der Waals surface area (Å²) in [6.07, 6.45) is 1.58. The van der Waals surface area contributed by atoms with E-state index in [9.17, 15) is 4.79 Å². The molecule has 100 valence electrons. The monoisotopic (exact) mass is 316 g/mol. The molecule has 0 aromatic carbocycles. The highest BCUT2D eigenvalue weighted by Gasteiger charge is 2.10. The Hall–Kier alpha value is -1.37. The van der Waals surface area contributed by atoms with Crippen molar-refractivity contribution in [1.82, 2.24) is 14.9 Å². The molecule has 0 radical (unpaired) electrons. The van der Waals surface area contributed by atoms with Gasteiger partial charge in [0.05, 0.1) is 24.3 Å². The summed E-state index contributed by atoms with van der Waals surface area (Å²) < 4.78 is 5.72. The Labute approximate surface area is 115 Å². The summed E-state index contributed by atoms with van der Waals surface area (Å²) in [4.78, 5) is 21.7. The van der Waals surface area contributed by atoms with Gasteiger partial charge in [-0.2, -0.15) is 4.98 Å². The summed E-state index contributed by atoms with van der Waals surface area (Å²) in [7, 11) is 1.53. The van der Waals surface area contributed by atoms with Crippen LogP contribution in [0.5, 0.6) is 5.88 Å². The van der Waals surface area contributed by atoms with E-state index in [4.69, 9.17) is 4.74 Å². The maximum absolute atomic E-state index is 11.8. The number of halogens is 1. The molecule has 6 nitrogen and oxygen atoms in total. The average Bonchev–Trinajstić information content (AvgIpc) is 2.39. The van der Waals surface area contributed by atoms with E-state index in [0.29, 0.717) is 29.4 Å². The van der Waals surface area contributed by atoms with Gasteiger partial charge in [-0.25, -0.2) is 4.98 Å². The Balaban J connectivity index is 2.61. The Bertz CT molecular complexity index is 410. The largest absolute Gasteiger partial charge is 0.480 e. The number of anilines is 1. The van der Waals surface area contributed by atoms with Crippen LogP contribution < -0.4 is 10.1 Å². The number of ether oxygens (including phenoxy) is 1. The standard InChI is InChI=1S/C11H17BrN4O2/c1-4-16(5-2)9(17)7-14-11-13-6-8(12)10(15-11)18-3/h6H,4-5,7H2,1-3H3,(H,13,14,15). The molecule has 1 aromatic rings. The summed E-state index contributed by atoms with van der Waals surface area (Å²) in [6, 6.07) is 0. The van der Waals surface area contributed by atoms with Gasteiger partial charge in [-0.15, -0.1) is 0 Å². The number of amides is 1. The first-order valence-electron chi connectivity index (χ1n) is 5.70. The molecule has 0 aliphatic heterocycles. The summed E-state index contributed by atoms with van der Waals surface area (Å²) in [5.74, 6) is 0.823. The Morgan fingerprint density at radius 2 is 2.17 bits per heavy atom. The molecule has 0 fully saturated rings. The molecule has 7 heteroatoms. The summed E-state index contributed by atoms with van der Waals surface area (Å²) in [6.45, 7) is 5.46. The van der Waals surface area contributed by atoms with Crippen molar-refractivity contribution in [3.63, 3.8) is 0 Å². The van der Waals surface area contributed by atoms with Crippen molar-refractivity contribution in [3.8, 4) is 5.88 Å². The molecule has 0 unspecified atom stereocenters. The number of carbonyl (C=O) groups is 1. The fourth-order valence-electron chi connectivity index (χ4n) is 1.42. The van der Waals surface area contributed by atoms with Crippen LogP contribution in [0.4, 0.5) is 5.95 Å². The third kappa shape index (κ3) is 3.83. The van der Waals surface area contributed by atoms with Crippen molar-refractivity contribution in [1.29, 1.82) is 0 Å². The molecule has 0 saturated carbocycles. The molecule has 0 bridgehead atoms. The summed E-state index contributed by atoms with van der Waals surface area (Å²) >= 11 is 3.26. The van der Waals surface area contributed by atoms with Crippen LogP contribution in [0.2, 0.25) is 0 Å². The van der Waals surface area contributed by atoms with Crippen LogP contribution in [0.25, 0.3) is 0 Å². The highest BCUT2D eigenvalue weighted by atomic mass is 79.9. The van der Waals surface area contributed by atoms with Crippen molar-refractivity contribution in [2.24, 2.45) is 0 Å². The predicted molar refractivity (Wildman–Crippen MR) is 72.7 cm³/mol. The normalized spacial score (nSPS) is 10.0. The van der Waals surface area contributed by atoms with E-state index in [1.807, 2.05) is 13.8 Å². The van der Waals surface area contributed by atoms with Crippen LogP contribution >= 0.6 is 15.9 Å². The first kappa shape index (κ1) is 14.7. The van der Waals surface area contributed by atoms with Crippen LogP contribution in [0.3, 0.4) is 0 Å². The molecule has 0 saturated heterocycles. The van der Waals surface area contributed by atoms with Gasteiger partial charge in [-0.05, 0) is 29.8 Å². The third-order valence-electron chi connectivity index (χ3n) is 2.42. The Kier molecular flexibility index (Phi) is 5.84. The van der Waals surface area contributed by atoms with Crippen LogP contribution in [-0.4, -0.2) is 47.5 Å². The highest BCUT2D eigenvalue weighted by Crippen LogP contribution is 2.21. The van der Waals surface area contributed by atoms with Crippen molar-refractivity contribution in [2.75, 3.05) is 32.1 Å². The number of methoxy groups -OCH3 is 1. The van der Waals surface area contributed by atoms with Gasteiger partial charge < -0.3 is 15.0 Å². The average molecular weight is 317 g/mol. The number of carbonyl (C=O) groups excluding carboxylic acids is 1. The quantitative estimate of drug-likeness (QED) is 0.862. The van der Waals surface area contributed by atoms with Gasteiger partial charge in [0.15, 0.2) is 0 Å². The van der Waals surface area contributed by atoms with E-state index in [1.54, 1.807) is 11.1 Å². The van der Waals surface area contributed by atoms with E-state index >= 15 is 0 Å². The number of hydrogen-bond acceptors (Lipinski definition) is 5. The maximum atomic E-state index is 11.8. The highest BCUT2D eigenvalue weighted by molar-refractivity contribution is 9.10. The third-order valence-corrected chi connectivity index (χ3v) is 2.96. The molecule has 1 amide bonds. The first-order chi connectivity index (χ1) is 8.62. The minimum absolute atomic E-state index is 0.0190. The zero-order valence-electron chi connectivity index (χ0n) is 10.7. The lowest BCUT2D eigenvalue weighted by atomic mass is 10.4. The Morgan fingerprint density at radius 3 is 2.72 bits per heavy atom. The molecule has 18 heavy (non-hydrogen) atoms. The van der Waals surface area contributed by atoms with Crippen molar-refractivity contribution < 1.29 is 9.53 Å². The van der Waals surface area contributed by atoms with Crippen LogP contribution in [-0.2, 0) is 4.79 Å². The number of aromatic nitrogens is 2. The van der Waals surface area contributed by atoms with Gasteiger partial charge in [0, 0.05) is 13.1 Å². The van der Waals surface area contributed by atoms with Crippen molar-refractivity contribution in [3.05, 3.63) is 10.7 Å². The van der Waals surface area contributed by atoms with Gasteiger partial charge >= 0.3 is 0 Å². The van der Waals surface area contributed by atoms with Crippen LogP contribution in [0.15, 0.2) is 10.7 Å². The number of hydrogen-bond donors (Lipinski definition) is 1. The van der Waals surface area contributed by atoms with Crippen molar-refractivity contribution >= 4 is 27.8 Å². The molecular formula is C11H17BrN4O2. The summed E-state index contributed by atoms with van der Waals surface area (Å²) in [5, 5.41) is 2.88. The molecule has 1 N–H and O–H groups in total. The van der Waals surface area contributed by atoms with Gasteiger partial charge in [0.2, 0.25) is 17.7 Å². The number of likely N-dealkylation sites (N-methyl/N-ethyl adjacent to an activating group) is 1. The molecule has 1 rings (SSSR count). The molecule has 1 heterocycles. The van der Waals surface area contributed by atoms with Gasteiger partial charge in [-0.1, -0.05) is 0 Å². The van der Waals surface area contributed by atoms with Gasteiger partial charge in [0.25, 0.3) is 0 Å². The number of nitrogens with zero attached hydrogens (tertiary/aromatic N) is 3. The molecule has 0 atom stereocenters. The topological polar surface area (TPSA) is 67.4 Å². The van der Waals surface area contributed by atoms with E-state index in [0.717, 1.165) is 0 Å². The zero-order chi connectivity index (χ0) is 13.5. The smallest absolute Gasteiger partial charge is 0.241 e. The maximum Gasteiger partial charge on any atom is 0.241 e. The zero-order valence-corrected chi connectivity index (χ0v) is 12.3. The predicted octanol–water partition coefficient (Wildman–Crippen LogP) is 1.53. The second-order valence-electron chi connectivity index (χ2n) is 3.47. The lowest BCUT2D eigenvalue weighted by Gasteiger charge is -2.18. The van der Waals surface area contributed by atoms with E-state index in [1.165, 1.54) is 7.11 Å². The Morgan fingerprint density at radius 1 is 1.50 bits per heavy atom. The minimum atomic E-state index is 0.0190. The van der Waals surface area contributed by atoms with Gasteiger partial charge in [-0.3, -0.25) is 4.79 Å². The molecule has 1 aromatic heterocycles. The van der Waals surface area contributed by atoms with Gasteiger partial charge in [0.1, 0.15) is 0 Å². The van der Waals surface area contributed by atoms with Crippen molar-refractivity contribution in [2.45, 2.75) is 13.8 Å².